The summed E-state index contributed by atoms with van der Waals surface area (Å²) in [5.74, 6) is 2.26. The fraction of sp³-hybridized carbons (Fsp3) is 0.421. The van der Waals surface area contributed by atoms with Crippen LogP contribution in [0.15, 0.2) is 36.5 Å². The van der Waals surface area contributed by atoms with E-state index in [1.165, 1.54) is 12.0 Å². The van der Waals surface area contributed by atoms with E-state index < -0.39 is 0 Å². The Morgan fingerprint density at radius 3 is 2.55 bits per heavy atom. The molecule has 1 aromatic heterocycles. The summed E-state index contributed by atoms with van der Waals surface area (Å²) in [6.07, 6.45) is 5.07. The van der Waals surface area contributed by atoms with Gasteiger partial charge in [0.05, 0.1) is 6.61 Å². The van der Waals surface area contributed by atoms with Crippen LogP contribution in [0.1, 0.15) is 39.2 Å². The van der Waals surface area contributed by atoms with Gasteiger partial charge in [-0.15, -0.1) is 0 Å². The number of aryl methyl sites for hydroxylation is 1. The first-order chi connectivity index (χ1) is 10.6. The highest BCUT2D eigenvalue weighted by Gasteiger charge is 2.07. The highest BCUT2D eigenvalue weighted by Crippen LogP contribution is 2.27. The first kappa shape index (κ1) is 16.3. The summed E-state index contributed by atoms with van der Waals surface area (Å²) in [5, 5.41) is 0. The van der Waals surface area contributed by atoms with E-state index in [9.17, 15) is 0 Å². The Morgan fingerprint density at radius 2 is 1.91 bits per heavy atom. The van der Waals surface area contributed by atoms with Gasteiger partial charge in [0.15, 0.2) is 0 Å². The lowest BCUT2D eigenvalue weighted by molar-refractivity contribution is 0.279. The molecule has 2 N–H and O–H groups in total. The molecule has 2 aromatic rings. The number of hydrogen-bond acceptors (Lipinski definition) is 3. The number of aromatic nitrogens is 1. The lowest BCUT2D eigenvalue weighted by atomic mass is 10.0. The van der Waals surface area contributed by atoms with Crippen molar-refractivity contribution in [3.05, 3.63) is 42.1 Å². The van der Waals surface area contributed by atoms with Crippen molar-refractivity contribution in [2.24, 2.45) is 5.92 Å². The molecule has 0 radical (unpaired) electrons. The number of ether oxygens (including phenoxy) is 1. The Kier molecular flexibility index (Phi) is 5.82. The number of nitrogens with two attached hydrogens (primary N) is 1. The van der Waals surface area contributed by atoms with Crippen molar-refractivity contribution < 1.29 is 4.74 Å². The number of pyridine rings is 1. The summed E-state index contributed by atoms with van der Waals surface area (Å²) in [5.41, 5.74) is 9.11. The molecular weight excluding hydrogens is 272 g/mol. The van der Waals surface area contributed by atoms with Gasteiger partial charge < -0.3 is 10.5 Å². The quantitative estimate of drug-likeness (QED) is 0.805. The van der Waals surface area contributed by atoms with Gasteiger partial charge in [0, 0.05) is 11.8 Å². The van der Waals surface area contributed by atoms with Crippen molar-refractivity contribution >= 4 is 5.82 Å². The van der Waals surface area contributed by atoms with E-state index in [0.717, 1.165) is 36.3 Å². The smallest absolute Gasteiger partial charge is 0.123 e. The van der Waals surface area contributed by atoms with Crippen LogP contribution < -0.4 is 10.5 Å². The predicted octanol–water partition coefficient (Wildman–Crippen LogP) is 4.71. The fourth-order valence-corrected chi connectivity index (χ4v) is 2.33. The van der Waals surface area contributed by atoms with Gasteiger partial charge in [-0.05, 0) is 54.2 Å². The van der Waals surface area contributed by atoms with E-state index in [1.807, 2.05) is 18.3 Å². The maximum absolute atomic E-state index is 5.97. The summed E-state index contributed by atoms with van der Waals surface area (Å²) < 4.78 is 5.97. The average Bonchev–Trinajstić information content (AvgIpc) is 2.55. The van der Waals surface area contributed by atoms with Crippen LogP contribution in [0.3, 0.4) is 0 Å². The van der Waals surface area contributed by atoms with Gasteiger partial charge >= 0.3 is 0 Å². The van der Waals surface area contributed by atoms with Crippen molar-refractivity contribution in [2.45, 2.75) is 40.0 Å². The number of hydrogen-bond donors (Lipinski definition) is 1. The fourth-order valence-electron chi connectivity index (χ4n) is 2.33. The molecular formula is C19H26N2O. The summed E-state index contributed by atoms with van der Waals surface area (Å²) in [7, 11) is 0. The number of nitrogens with zero attached hydrogens (tertiary/aromatic N) is 1. The highest BCUT2D eigenvalue weighted by atomic mass is 16.5. The Hall–Kier alpha value is -2.03. The third kappa shape index (κ3) is 4.23. The van der Waals surface area contributed by atoms with Gasteiger partial charge in [-0.1, -0.05) is 33.3 Å². The molecule has 0 saturated carbocycles. The molecule has 3 nitrogen and oxygen atoms in total. The third-order valence-corrected chi connectivity index (χ3v) is 4.13. The second-order valence-corrected chi connectivity index (χ2v) is 5.80. The molecule has 0 fully saturated rings. The largest absolute Gasteiger partial charge is 0.493 e. The van der Waals surface area contributed by atoms with Crippen LogP contribution in [-0.2, 0) is 6.42 Å². The lowest BCUT2D eigenvalue weighted by Gasteiger charge is -2.14. The molecule has 0 saturated heterocycles. The SMILES string of the molecule is CCc1cc(-c2ccc(N)nc2)ccc1OCCC(C)CC. The van der Waals surface area contributed by atoms with Crippen molar-refractivity contribution in [2.75, 3.05) is 12.3 Å². The highest BCUT2D eigenvalue weighted by molar-refractivity contribution is 5.65. The minimum atomic E-state index is 0.546. The van der Waals surface area contributed by atoms with Crippen LogP contribution in [0.2, 0.25) is 0 Å². The lowest BCUT2D eigenvalue weighted by Crippen LogP contribution is -2.04. The summed E-state index contributed by atoms with van der Waals surface area (Å²) in [4.78, 5) is 4.16. The first-order valence-corrected chi connectivity index (χ1v) is 8.11. The molecule has 0 aliphatic heterocycles. The standard InChI is InChI=1S/C19H26N2O/c1-4-14(3)10-11-22-18-8-6-16(12-15(18)5-2)17-7-9-19(20)21-13-17/h6-9,12-14H,4-5,10-11H2,1-3H3,(H2,20,21). The molecule has 0 aliphatic carbocycles. The number of anilines is 1. The molecule has 0 spiro atoms. The Morgan fingerprint density at radius 1 is 1.14 bits per heavy atom. The predicted molar refractivity (Wildman–Crippen MR) is 93.0 cm³/mol. The first-order valence-electron chi connectivity index (χ1n) is 8.11. The van der Waals surface area contributed by atoms with E-state index in [2.05, 4.69) is 44.0 Å². The maximum Gasteiger partial charge on any atom is 0.123 e. The molecule has 1 unspecified atom stereocenters. The molecule has 1 atom stereocenters. The minimum Gasteiger partial charge on any atom is -0.493 e. The second-order valence-electron chi connectivity index (χ2n) is 5.80. The topological polar surface area (TPSA) is 48.1 Å². The Labute approximate surface area is 133 Å². The van der Waals surface area contributed by atoms with E-state index in [4.69, 9.17) is 10.5 Å². The normalized spacial score (nSPS) is 12.1. The van der Waals surface area contributed by atoms with Crippen LogP contribution in [0.25, 0.3) is 11.1 Å². The van der Waals surface area contributed by atoms with Gasteiger partial charge in [0.25, 0.3) is 0 Å². The number of nitrogen functional groups attached to an aromatic ring is 1. The van der Waals surface area contributed by atoms with Gasteiger partial charge in [-0.25, -0.2) is 4.98 Å². The molecule has 2 rings (SSSR count). The molecule has 0 amide bonds. The minimum absolute atomic E-state index is 0.546. The molecule has 3 heteroatoms. The summed E-state index contributed by atoms with van der Waals surface area (Å²) >= 11 is 0. The summed E-state index contributed by atoms with van der Waals surface area (Å²) in [6.45, 7) is 7.42. The number of benzene rings is 1. The van der Waals surface area contributed by atoms with Gasteiger partial charge in [0.1, 0.15) is 11.6 Å². The number of rotatable bonds is 7. The van der Waals surface area contributed by atoms with Crippen LogP contribution >= 0.6 is 0 Å². The monoisotopic (exact) mass is 298 g/mol. The molecule has 22 heavy (non-hydrogen) atoms. The van der Waals surface area contributed by atoms with Gasteiger partial charge in [-0.2, -0.15) is 0 Å². The van der Waals surface area contributed by atoms with Crippen LogP contribution in [0, 0.1) is 5.92 Å². The molecule has 0 bridgehead atoms. The van der Waals surface area contributed by atoms with Crippen LogP contribution in [0.5, 0.6) is 5.75 Å². The zero-order valence-corrected chi connectivity index (χ0v) is 13.8. The van der Waals surface area contributed by atoms with Crippen molar-refractivity contribution in [3.8, 4) is 16.9 Å². The second kappa shape index (κ2) is 7.83. The van der Waals surface area contributed by atoms with Crippen molar-refractivity contribution in [1.82, 2.24) is 4.98 Å². The van der Waals surface area contributed by atoms with Crippen molar-refractivity contribution in [1.29, 1.82) is 0 Å². The Bertz CT molecular complexity index is 593. The molecule has 1 heterocycles. The average molecular weight is 298 g/mol. The zero-order chi connectivity index (χ0) is 15.9. The molecule has 1 aromatic carbocycles. The van der Waals surface area contributed by atoms with Crippen molar-refractivity contribution in [3.63, 3.8) is 0 Å². The Balaban J connectivity index is 2.12. The van der Waals surface area contributed by atoms with E-state index in [-0.39, 0.29) is 0 Å². The van der Waals surface area contributed by atoms with Crippen LogP contribution in [-0.4, -0.2) is 11.6 Å². The van der Waals surface area contributed by atoms with Gasteiger partial charge in [-0.3, -0.25) is 0 Å². The van der Waals surface area contributed by atoms with Gasteiger partial charge in [0.2, 0.25) is 0 Å². The maximum atomic E-state index is 5.97. The van der Waals surface area contributed by atoms with Crippen LogP contribution in [0.4, 0.5) is 5.82 Å². The molecule has 0 aliphatic rings. The van der Waals surface area contributed by atoms with E-state index in [0.29, 0.717) is 11.7 Å². The molecule has 118 valence electrons. The third-order valence-electron chi connectivity index (χ3n) is 4.13. The van der Waals surface area contributed by atoms with E-state index >= 15 is 0 Å². The zero-order valence-electron chi connectivity index (χ0n) is 13.8. The summed E-state index contributed by atoms with van der Waals surface area (Å²) in [6, 6.07) is 10.2. The van der Waals surface area contributed by atoms with E-state index in [1.54, 1.807) is 0 Å².